The number of ether oxygens (including phenoxy) is 2. The van der Waals surface area contributed by atoms with Gasteiger partial charge in [-0.1, -0.05) is 51.4 Å². The number of hydrogen-bond acceptors (Lipinski definition) is 6. The molecule has 2 atom stereocenters. The fourth-order valence-electron chi connectivity index (χ4n) is 2.12. The third kappa shape index (κ3) is 8.89. The normalized spacial score (nSPS) is 13.6. The van der Waals surface area contributed by atoms with Crippen LogP contribution in [0.3, 0.4) is 0 Å². The fraction of sp³-hybridized carbons (Fsp3) is 0.556. The molecule has 0 aliphatic rings. The minimum Gasteiger partial charge on any atom is -0.425 e. The number of hydrogen-bond donors (Lipinski definition) is 3. The van der Waals surface area contributed by atoms with Crippen LogP contribution in [0.2, 0.25) is 5.02 Å². The van der Waals surface area contributed by atoms with Gasteiger partial charge in [-0.25, -0.2) is 4.79 Å². The van der Waals surface area contributed by atoms with Crippen molar-refractivity contribution in [2.75, 3.05) is 12.7 Å². The smallest absolute Gasteiger partial charge is 0.410 e. The molecular formula is C18H27ClNO6P. The second-order valence-corrected chi connectivity index (χ2v) is 8.34. The Kier molecular flexibility index (Phi) is 10.0. The third-order valence-electron chi connectivity index (χ3n) is 3.69. The molecule has 0 saturated carbocycles. The van der Waals surface area contributed by atoms with Crippen LogP contribution in [0.4, 0.5) is 4.79 Å². The molecule has 0 spiro atoms. The van der Waals surface area contributed by atoms with Crippen molar-refractivity contribution in [3.63, 3.8) is 0 Å². The first-order valence-corrected chi connectivity index (χ1v) is 10.5. The predicted octanol–water partition coefficient (Wildman–Crippen LogP) is 3.63. The SMILES string of the molecule is CC(C)C(=O)O[C@H](OC(=O)NC[C@H](CP(O)O)c1ccc(Cl)cc1)C(C)C. The number of halogens is 1. The van der Waals surface area contributed by atoms with Gasteiger partial charge in [0.05, 0.1) is 5.92 Å². The Morgan fingerprint density at radius 3 is 2.19 bits per heavy atom. The first-order chi connectivity index (χ1) is 12.6. The lowest BCUT2D eigenvalue weighted by molar-refractivity contribution is -0.178. The van der Waals surface area contributed by atoms with Crippen molar-refractivity contribution in [3.05, 3.63) is 34.9 Å². The molecule has 0 fully saturated rings. The average Bonchev–Trinajstić information content (AvgIpc) is 2.58. The molecule has 1 aromatic rings. The van der Waals surface area contributed by atoms with Gasteiger partial charge in [-0.2, -0.15) is 0 Å². The van der Waals surface area contributed by atoms with Crippen molar-refractivity contribution in [3.8, 4) is 0 Å². The van der Waals surface area contributed by atoms with Crippen LogP contribution in [-0.4, -0.2) is 40.8 Å². The van der Waals surface area contributed by atoms with Gasteiger partial charge in [-0.05, 0) is 17.7 Å². The minimum atomic E-state index is -2.14. The first kappa shape index (κ1) is 23.6. The van der Waals surface area contributed by atoms with Gasteiger partial charge in [0.25, 0.3) is 6.29 Å². The maximum Gasteiger partial charge on any atom is 0.410 e. The van der Waals surface area contributed by atoms with E-state index in [0.29, 0.717) is 5.02 Å². The molecule has 0 bridgehead atoms. The highest BCUT2D eigenvalue weighted by Crippen LogP contribution is 2.32. The van der Waals surface area contributed by atoms with Gasteiger partial charge in [0.1, 0.15) is 0 Å². The molecule has 1 aromatic carbocycles. The van der Waals surface area contributed by atoms with Crippen molar-refractivity contribution in [2.24, 2.45) is 11.8 Å². The van der Waals surface area contributed by atoms with E-state index in [1.54, 1.807) is 52.0 Å². The van der Waals surface area contributed by atoms with Crippen LogP contribution in [0.25, 0.3) is 0 Å². The number of nitrogens with one attached hydrogen (secondary N) is 1. The van der Waals surface area contributed by atoms with E-state index in [2.05, 4.69) is 5.32 Å². The number of alkyl carbamates (subject to hydrolysis) is 1. The lowest BCUT2D eigenvalue weighted by Crippen LogP contribution is -2.37. The highest BCUT2D eigenvalue weighted by molar-refractivity contribution is 7.45. The van der Waals surface area contributed by atoms with Gasteiger partial charge in [0, 0.05) is 29.6 Å². The summed E-state index contributed by atoms with van der Waals surface area (Å²) in [5.41, 5.74) is 0.807. The van der Waals surface area contributed by atoms with E-state index in [0.717, 1.165) is 5.56 Å². The predicted molar refractivity (Wildman–Crippen MR) is 104 cm³/mol. The topological polar surface area (TPSA) is 105 Å². The first-order valence-electron chi connectivity index (χ1n) is 8.65. The molecule has 0 aromatic heterocycles. The molecule has 0 aliphatic carbocycles. The summed E-state index contributed by atoms with van der Waals surface area (Å²) in [6.45, 7) is 7.06. The molecule has 7 nitrogen and oxygen atoms in total. The van der Waals surface area contributed by atoms with Crippen molar-refractivity contribution in [1.29, 1.82) is 0 Å². The fourth-order valence-corrected chi connectivity index (χ4v) is 2.98. The van der Waals surface area contributed by atoms with E-state index < -0.39 is 26.7 Å². The molecule has 0 saturated heterocycles. The minimum absolute atomic E-state index is 0.0905. The number of carbonyl (C=O) groups is 2. The van der Waals surface area contributed by atoms with Gasteiger partial charge in [-0.15, -0.1) is 0 Å². The Labute approximate surface area is 165 Å². The van der Waals surface area contributed by atoms with Crippen molar-refractivity contribution in [2.45, 2.75) is 39.9 Å². The van der Waals surface area contributed by atoms with E-state index in [9.17, 15) is 19.4 Å². The van der Waals surface area contributed by atoms with Crippen LogP contribution >= 0.6 is 20.0 Å². The molecule has 1 rings (SSSR count). The highest BCUT2D eigenvalue weighted by Gasteiger charge is 2.25. The van der Waals surface area contributed by atoms with Crippen LogP contribution in [0.15, 0.2) is 24.3 Å². The average molecular weight is 420 g/mol. The van der Waals surface area contributed by atoms with E-state index >= 15 is 0 Å². The van der Waals surface area contributed by atoms with Crippen LogP contribution in [0.1, 0.15) is 39.2 Å². The van der Waals surface area contributed by atoms with Crippen LogP contribution in [0, 0.1) is 11.8 Å². The lowest BCUT2D eigenvalue weighted by atomic mass is 10.0. The number of amides is 1. The van der Waals surface area contributed by atoms with Crippen molar-refractivity contribution < 1.29 is 28.8 Å². The Hall–Kier alpha value is -1.40. The maximum atomic E-state index is 12.1. The Bertz CT molecular complexity index is 608. The van der Waals surface area contributed by atoms with Crippen LogP contribution in [0.5, 0.6) is 0 Å². The number of benzene rings is 1. The summed E-state index contributed by atoms with van der Waals surface area (Å²) in [7, 11) is -2.14. The molecule has 27 heavy (non-hydrogen) atoms. The zero-order valence-electron chi connectivity index (χ0n) is 15.9. The third-order valence-corrected chi connectivity index (χ3v) is 4.71. The standard InChI is InChI=1S/C18H27ClNO6P/c1-11(2)16(21)25-17(12(3)4)26-18(22)20-9-14(10-27(23)24)13-5-7-15(19)8-6-13/h5-8,11-12,14,17,23-24H,9-10H2,1-4H3,(H,20,22)/t14-,17-/m1/s1. The molecule has 0 aliphatic heterocycles. The summed E-state index contributed by atoms with van der Waals surface area (Å²) >= 11 is 5.87. The molecule has 1 amide bonds. The molecule has 3 N–H and O–H groups in total. The van der Waals surface area contributed by atoms with E-state index in [4.69, 9.17) is 21.1 Å². The summed E-state index contributed by atoms with van der Waals surface area (Å²) in [5.74, 6) is -1.33. The Morgan fingerprint density at radius 1 is 1.11 bits per heavy atom. The zero-order chi connectivity index (χ0) is 20.6. The quantitative estimate of drug-likeness (QED) is 0.321. The number of carbonyl (C=O) groups excluding carboxylic acids is 2. The maximum absolute atomic E-state index is 12.1. The molecule has 0 heterocycles. The summed E-state index contributed by atoms with van der Waals surface area (Å²) in [6.07, 6.45) is -1.65. The van der Waals surface area contributed by atoms with Gasteiger partial charge in [0.15, 0.2) is 8.38 Å². The Balaban J connectivity index is 2.68. The van der Waals surface area contributed by atoms with Crippen molar-refractivity contribution in [1.82, 2.24) is 5.32 Å². The summed E-state index contributed by atoms with van der Waals surface area (Å²) in [4.78, 5) is 42.6. The van der Waals surface area contributed by atoms with Crippen LogP contribution in [-0.2, 0) is 14.3 Å². The number of rotatable bonds is 9. The van der Waals surface area contributed by atoms with E-state index in [-0.39, 0.29) is 30.5 Å². The lowest BCUT2D eigenvalue weighted by Gasteiger charge is -2.23. The molecule has 0 unspecified atom stereocenters. The monoisotopic (exact) mass is 419 g/mol. The molecule has 0 radical (unpaired) electrons. The van der Waals surface area contributed by atoms with Crippen molar-refractivity contribution >= 4 is 32.0 Å². The second-order valence-electron chi connectivity index (χ2n) is 6.79. The Morgan fingerprint density at radius 2 is 1.70 bits per heavy atom. The van der Waals surface area contributed by atoms with Gasteiger partial charge in [0.2, 0.25) is 0 Å². The van der Waals surface area contributed by atoms with Gasteiger partial charge >= 0.3 is 12.1 Å². The molecule has 9 heteroatoms. The van der Waals surface area contributed by atoms with Gasteiger partial charge in [-0.3, -0.25) is 4.79 Å². The summed E-state index contributed by atoms with van der Waals surface area (Å²) < 4.78 is 10.4. The van der Waals surface area contributed by atoms with Crippen LogP contribution < -0.4 is 5.32 Å². The summed E-state index contributed by atoms with van der Waals surface area (Å²) in [6, 6.07) is 6.92. The van der Waals surface area contributed by atoms with E-state index in [1.165, 1.54) is 0 Å². The largest absolute Gasteiger partial charge is 0.425 e. The van der Waals surface area contributed by atoms with Gasteiger partial charge < -0.3 is 24.6 Å². The zero-order valence-corrected chi connectivity index (χ0v) is 17.5. The molecular weight excluding hydrogens is 393 g/mol. The number of esters is 1. The summed E-state index contributed by atoms with van der Waals surface area (Å²) in [5, 5.41) is 3.15. The van der Waals surface area contributed by atoms with E-state index in [1.807, 2.05) is 0 Å². The molecule has 152 valence electrons. The highest BCUT2D eigenvalue weighted by atomic mass is 35.5. The second kappa shape index (κ2) is 11.4.